The Labute approximate surface area is 150 Å². The lowest BCUT2D eigenvalue weighted by atomic mass is 9.73. The Kier molecular flexibility index (Phi) is 3.72. The molecule has 5 rings (SSSR count). The molecule has 0 unspecified atom stereocenters. The number of piperidine rings is 1. The predicted molar refractivity (Wildman–Crippen MR) is 100 cm³/mol. The van der Waals surface area contributed by atoms with Crippen molar-refractivity contribution >= 4 is 0 Å². The minimum Gasteiger partial charge on any atom is -0.387 e. The normalized spacial score (nSPS) is 33.9. The number of benzene rings is 2. The Morgan fingerprint density at radius 2 is 1.44 bits per heavy atom. The predicted octanol–water partition coefficient (Wildman–Crippen LogP) is 2.08. The van der Waals surface area contributed by atoms with Crippen molar-refractivity contribution in [3.63, 3.8) is 0 Å². The maximum absolute atomic E-state index is 10.8. The van der Waals surface area contributed by atoms with Crippen molar-refractivity contribution in [2.75, 3.05) is 13.1 Å². The van der Waals surface area contributed by atoms with E-state index in [0.717, 1.165) is 12.8 Å². The summed E-state index contributed by atoms with van der Waals surface area (Å²) in [5.41, 5.74) is 6.44. The summed E-state index contributed by atoms with van der Waals surface area (Å²) in [5, 5.41) is 10.8. The number of aryl methyl sites for hydroxylation is 1. The number of likely N-dealkylation sites (tertiary alicyclic amines) is 1. The first-order chi connectivity index (χ1) is 12.3. The highest BCUT2D eigenvalue weighted by Gasteiger charge is 2.45. The minimum absolute atomic E-state index is 0.185. The first-order valence-corrected chi connectivity index (χ1v) is 9.93. The number of fused-ring (bicyclic) bond motifs is 3. The average molecular weight is 334 g/mol. The van der Waals surface area contributed by atoms with Crippen LogP contribution in [-0.2, 0) is 24.7 Å². The quantitative estimate of drug-likeness (QED) is 0.820. The molecule has 2 heteroatoms. The van der Waals surface area contributed by atoms with Crippen molar-refractivity contribution in [3.8, 4) is 0 Å². The molecule has 1 spiro atoms. The third-order valence-corrected chi connectivity index (χ3v) is 7.29. The van der Waals surface area contributed by atoms with E-state index in [1.54, 1.807) is 16.0 Å². The van der Waals surface area contributed by atoms with Crippen molar-refractivity contribution in [1.29, 1.82) is 0 Å². The van der Waals surface area contributed by atoms with Crippen LogP contribution in [0, 0.1) is 0 Å². The lowest BCUT2D eigenvalue weighted by Crippen LogP contribution is -3.18. The van der Waals surface area contributed by atoms with Crippen LogP contribution in [0.5, 0.6) is 0 Å². The van der Waals surface area contributed by atoms with Gasteiger partial charge in [-0.1, -0.05) is 48.5 Å². The van der Waals surface area contributed by atoms with Crippen LogP contribution >= 0.6 is 0 Å². The molecular weight excluding hydrogens is 306 g/mol. The summed E-state index contributed by atoms with van der Waals surface area (Å²) in [6.45, 7) is 2.41. The third-order valence-electron chi connectivity index (χ3n) is 7.29. The van der Waals surface area contributed by atoms with Gasteiger partial charge in [0.1, 0.15) is 12.1 Å². The van der Waals surface area contributed by atoms with Crippen molar-refractivity contribution < 1.29 is 10.0 Å². The second-order valence-electron chi connectivity index (χ2n) is 8.45. The van der Waals surface area contributed by atoms with Crippen LogP contribution in [-0.4, -0.2) is 30.3 Å². The average Bonchev–Trinajstić information content (AvgIpc) is 3.01. The standard InChI is InChI=1S/C23H27NO/c25-22-16-19-7-2-1-6-18(19)15-21(22)24-13-11-23(12-14-24)10-9-17-5-3-4-8-20(17)23/h1-8,21-22,25H,9-16H2/p+1/t21-,22-/m1/s1. The summed E-state index contributed by atoms with van der Waals surface area (Å²) < 4.78 is 0. The van der Waals surface area contributed by atoms with Crippen LogP contribution < -0.4 is 4.90 Å². The molecular formula is C23H28NO+. The Morgan fingerprint density at radius 3 is 2.20 bits per heavy atom. The Morgan fingerprint density at radius 1 is 0.800 bits per heavy atom. The molecule has 0 amide bonds. The Balaban J connectivity index is 1.33. The molecule has 1 heterocycles. The zero-order valence-electron chi connectivity index (χ0n) is 14.9. The molecule has 2 atom stereocenters. The van der Waals surface area contributed by atoms with Gasteiger partial charge in [0.25, 0.3) is 0 Å². The zero-order chi connectivity index (χ0) is 16.9. The molecule has 0 radical (unpaired) electrons. The second kappa shape index (κ2) is 5.96. The summed E-state index contributed by atoms with van der Waals surface area (Å²) in [6.07, 6.45) is 6.83. The van der Waals surface area contributed by atoms with E-state index in [0.29, 0.717) is 11.5 Å². The van der Waals surface area contributed by atoms with Crippen LogP contribution in [0.3, 0.4) is 0 Å². The summed E-state index contributed by atoms with van der Waals surface area (Å²) in [4.78, 5) is 1.64. The molecule has 1 aliphatic heterocycles. The molecule has 25 heavy (non-hydrogen) atoms. The number of aliphatic hydroxyl groups excluding tert-OH is 1. The van der Waals surface area contributed by atoms with Crippen molar-refractivity contribution in [3.05, 3.63) is 70.8 Å². The van der Waals surface area contributed by atoms with Gasteiger partial charge in [-0.05, 0) is 35.1 Å². The maximum atomic E-state index is 10.8. The number of hydrogen-bond acceptors (Lipinski definition) is 1. The lowest BCUT2D eigenvalue weighted by Gasteiger charge is -2.43. The van der Waals surface area contributed by atoms with Gasteiger partial charge >= 0.3 is 0 Å². The SMILES string of the molecule is O[C@@H]1Cc2ccccc2C[C@H]1[NH+]1CCC2(CCc3ccccc32)CC1. The smallest absolute Gasteiger partial charge is 0.118 e. The Hall–Kier alpha value is -1.64. The molecule has 0 aromatic heterocycles. The number of hydrogen-bond donors (Lipinski definition) is 2. The molecule has 2 N–H and O–H groups in total. The van der Waals surface area contributed by atoms with E-state index in [4.69, 9.17) is 0 Å². The van der Waals surface area contributed by atoms with Gasteiger partial charge in [0.2, 0.25) is 0 Å². The molecule has 130 valence electrons. The number of rotatable bonds is 1. The van der Waals surface area contributed by atoms with E-state index >= 15 is 0 Å². The molecule has 2 aromatic carbocycles. The van der Waals surface area contributed by atoms with E-state index in [1.165, 1.54) is 49.9 Å². The van der Waals surface area contributed by atoms with E-state index in [-0.39, 0.29) is 6.10 Å². The molecule has 2 nitrogen and oxygen atoms in total. The van der Waals surface area contributed by atoms with Crippen LogP contribution in [0.15, 0.2) is 48.5 Å². The summed E-state index contributed by atoms with van der Waals surface area (Å²) in [5.74, 6) is 0. The molecule has 1 saturated heterocycles. The van der Waals surface area contributed by atoms with Crippen LogP contribution in [0.1, 0.15) is 41.5 Å². The van der Waals surface area contributed by atoms with E-state index in [1.807, 2.05) is 0 Å². The topological polar surface area (TPSA) is 24.7 Å². The fraction of sp³-hybridized carbons (Fsp3) is 0.478. The van der Waals surface area contributed by atoms with Crippen LogP contribution in [0.4, 0.5) is 0 Å². The summed E-state index contributed by atoms with van der Waals surface area (Å²) >= 11 is 0. The highest BCUT2D eigenvalue weighted by atomic mass is 16.3. The van der Waals surface area contributed by atoms with Gasteiger partial charge in [0, 0.05) is 31.1 Å². The minimum atomic E-state index is -0.185. The largest absolute Gasteiger partial charge is 0.387 e. The molecule has 0 saturated carbocycles. The molecule has 2 aromatic rings. The molecule has 3 aliphatic rings. The van der Waals surface area contributed by atoms with Crippen molar-refractivity contribution in [2.45, 2.75) is 56.1 Å². The van der Waals surface area contributed by atoms with Crippen molar-refractivity contribution in [2.24, 2.45) is 0 Å². The zero-order valence-corrected chi connectivity index (χ0v) is 14.9. The molecule has 0 bridgehead atoms. The second-order valence-corrected chi connectivity index (χ2v) is 8.45. The first-order valence-electron chi connectivity index (χ1n) is 9.93. The van der Waals surface area contributed by atoms with Gasteiger partial charge in [-0.3, -0.25) is 0 Å². The summed E-state index contributed by atoms with van der Waals surface area (Å²) in [7, 11) is 0. The monoisotopic (exact) mass is 334 g/mol. The molecule has 1 fully saturated rings. The van der Waals surface area contributed by atoms with Gasteiger partial charge in [-0.25, -0.2) is 0 Å². The highest BCUT2D eigenvalue weighted by Crippen LogP contribution is 2.44. The number of quaternary nitrogens is 1. The number of nitrogens with one attached hydrogen (secondary N) is 1. The van der Waals surface area contributed by atoms with Crippen LogP contribution in [0.2, 0.25) is 0 Å². The van der Waals surface area contributed by atoms with E-state index < -0.39 is 0 Å². The van der Waals surface area contributed by atoms with Gasteiger partial charge in [0.05, 0.1) is 13.1 Å². The van der Waals surface area contributed by atoms with Gasteiger partial charge < -0.3 is 10.0 Å². The molecule has 2 aliphatic carbocycles. The van der Waals surface area contributed by atoms with Gasteiger partial charge in [-0.2, -0.15) is 0 Å². The number of aliphatic hydroxyl groups is 1. The van der Waals surface area contributed by atoms with E-state index in [2.05, 4.69) is 48.5 Å². The fourth-order valence-corrected chi connectivity index (χ4v) is 5.82. The van der Waals surface area contributed by atoms with Crippen LogP contribution in [0.25, 0.3) is 0 Å². The lowest BCUT2D eigenvalue weighted by molar-refractivity contribution is -0.935. The first kappa shape index (κ1) is 15.6. The third kappa shape index (κ3) is 2.54. The fourth-order valence-electron chi connectivity index (χ4n) is 5.82. The van der Waals surface area contributed by atoms with Gasteiger partial charge in [0.15, 0.2) is 0 Å². The van der Waals surface area contributed by atoms with Crippen molar-refractivity contribution in [1.82, 2.24) is 0 Å². The maximum Gasteiger partial charge on any atom is 0.118 e. The highest BCUT2D eigenvalue weighted by molar-refractivity contribution is 5.39. The Bertz CT molecular complexity index is 775. The summed E-state index contributed by atoms with van der Waals surface area (Å²) in [6, 6.07) is 18.2. The van der Waals surface area contributed by atoms with Gasteiger partial charge in [-0.15, -0.1) is 0 Å². The van der Waals surface area contributed by atoms with E-state index in [9.17, 15) is 5.11 Å².